The average molecular weight is 277 g/mol. The van der Waals surface area contributed by atoms with Crippen molar-refractivity contribution in [2.24, 2.45) is 0 Å². The van der Waals surface area contributed by atoms with Gasteiger partial charge in [0.1, 0.15) is 5.60 Å². The lowest BCUT2D eigenvalue weighted by atomic mass is 10.0. The van der Waals surface area contributed by atoms with E-state index in [4.69, 9.17) is 9.57 Å². The molecular weight excluding hydrogens is 258 g/mol. The van der Waals surface area contributed by atoms with Crippen LogP contribution in [-0.4, -0.2) is 17.7 Å². The molecule has 1 atom stereocenters. The van der Waals surface area contributed by atoms with Crippen LogP contribution in [0.5, 0.6) is 0 Å². The normalized spacial score (nSPS) is 17.2. The third-order valence-corrected chi connectivity index (χ3v) is 3.05. The minimum absolute atomic E-state index is 0.318. The zero-order valence-electron chi connectivity index (χ0n) is 11.9. The number of benzene rings is 1. The molecule has 5 heteroatoms. The Morgan fingerprint density at radius 2 is 1.95 bits per heavy atom. The lowest BCUT2D eigenvalue weighted by Gasteiger charge is -2.19. The second-order valence-electron chi connectivity index (χ2n) is 5.82. The van der Waals surface area contributed by atoms with E-state index < -0.39 is 17.7 Å². The van der Waals surface area contributed by atoms with E-state index in [-0.39, 0.29) is 5.92 Å². The van der Waals surface area contributed by atoms with Crippen LogP contribution in [0, 0.1) is 0 Å². The van der Waals surface area contributed by atoms with E-state index in [1.54, 1.807) is 20.8 Å². The molecule has 0 heterocycles. The smallest absolute Gasteiger partial charge is 0.441 e. The molecule has 0 fully saturated rings. The van der Waals surface area contributed by atoms with Crippen LogP contribution in [0.15, 0.2) is 24.3 Å². The Morgan fingerprint density at radius 1 is 1.25 bits per heavy atom. The van der Waals surface area contributed by atoms with Gasteiger partial charge in [-0.05, 0) is 44.7 Å². The third-order valence-electron chi connectivity index (χ3n) is 3.05. The Balaban J connectivity index is 1.89. The number of aryl methyl sites for hydroxylation is 1. The maximum Gasteiger partial charge on any atom is 0.441 e. The lowest BCUT2D eigenvalue weighted by molar-refractivity contribution is -0.152. The molecule has 0 aliphatic heterocycles. The second kappa shape index (κ2) is 5.53. The quantitative estimate of drug-likeness (QED) is 0.802. The standard InChI is InChI=1S/C15H19NO4/c1-15(2,3)19-14(18)16-20-13(17)12-9-8-10-6-4-5-7-11(10)12/h4-7,12H,8-9H2,1-3H3,(H,16,18). The number of fused-ring (bicyclic) bond motifs is 1. The maximum atomic E-state index is 12.0. The van der Waals surface area contributed by atoms with Gasteiger partial charge in [-0.25, -0.2) is 9.59 Å². The van der Waals surface area contributed by atoms with Gasteiger partial charge >= 0.3 is 12.1 Å². The van der Waals surface area contributed by atoms with Gasteiger partial charge in [-0.3, -0.25) is 0 Å². The van der Waals surface area contributed by atoms with Crippen LogP contribution in [0.2, 0.25) is 0 Å². The SMILES string of the molecule is CC(C)(C)OC(=O)NOC(=O)C1CCc2ccccc21. The van der Waals surface area contributed by atoms with Gasteiger partial charge in [-0.2, -0.15) is 0 Å². The second-order valence-corrected chi connectivity index (χ2v) is 5.82. The largest absolute Gasteiger partial charge is 0.442 e. The van der Waals surface area contributed by atoms with Crippen LogP contribution in [0.3, 0.4) is 0 Å². The number of nitrogens with one attached hydrogen (secondary N) is 1. The van der Waals surface area contributed by atoms with Crippen molar-refractivity contribution in [3.05, 3.63) is 35.4 Å². The van der Waals surface area contributed by atoms with Crippen molar-refractivity contribution < 1.29 is 19.2 Å². The molecule has 1 aliphatic carbocycles. The van der Waals surface area contributed by atoms with E-state index in [1.165, 1.54) is 0 Å². The van der Waals surface area contributed by atoms with Crippen molar-refractivity contribution in [3.8, 4) is 0 Å². The van der Waals surface area contributed by atoms with Gasteiger partial charge in [0.05, 0.1) is 5.92 Å². The predicted molar refractivity (Wildman–Crippen MR) is 73.0 cm³/mol. The van der Waals surface area contributed by atoms with Crippen molar-refractivity contribution in [1.82, 2.24) is 5.48 Å². The fourth-order valence-corrected chi connectivity index (χ4v) is 2.26. The molecule has 0 saturated heterocycles. The number of carbonyl (C=O) groups is 2. The van der Waals surface area contributed by atoms with Gasteiger partial charge in [0.15, 0.2) is 0 Å². The van der Waals surface area contributed by atoms with Crippen LogP contribution >= 0.6 is 0 Å². The number of amides is 1. The number of rotatable bonds is 1. The summed E-state index contributed by atoms with van der Waals surface area (Å²) in [7, 11) is 0. The third kappa shape index (κ3) is 3.50. The summed E-state index contributed by atoms with van der Waals surface area (Å²) in [6.07, 6.45) is 0.786. The average Bonchev–Trinajstić information content (AvgIpc) is 2.78. The van der Waals surface area contributed by atoms with Gasteiger partial charge in [0.25, 0.3) is 0 Å². The molecule has 108 valence electrons. The highest BCUT2D eigenvalue weighted by atomic mass is 16.7. The zero-order valence-corrected chi connectivity index (χ0v) is 11.9. The maximum absolute atomic E-state index is 12.0. The number of hydroxylamine groups is 1. The highest BCUT2D eigenvalue weighted by Gasteiger charge is 2.30. The Morgan fingerprint density at radius 3 is 2.65 bits per heavy atom. The summed E-state index contributed by atoms with van der Waals surface area (Å²) in [4.78, 5) is 28.2. The fraction of sp³-hybridized carbons (Fsp3) is 0.467. The summed E-state index contributed by atoms with van der Waals surface area (Å²) in [5, 5.41) is 0. The van der Waals surface area contributed by atoms with Gasteiger partial charge in [-0.15, -0.1) is 5.48 Å². The first-order valence-corrected chi connectivity index (χ1v) is 6.64. The monoisotopic (exact) mass is 277 g/mol. The molecule has 20 heavy (non-hydrogen) atoms. The lowest BCUT2D eigenvalue weighted by Crippen LogP contribution is -2.35. The summed E-state index contributed by atoms with van der Waals surface area (Å²) in [6, 6.07) is 7.77. The minimum atomic E-state index is -0.767. The predicted octanol–water partition coefficient (Wildman–Crippen LogP) is 2.70. The molecule has 1 amide bonds. The molecule has 1 aromatic rings. The number of carbonyl (C=O) groups excluding carboxylic acids is 2. The molecule has 0 radical (unpaired) electrons. The van der Waals surface area contributed by atoms with Gasteiger partial charge in [-0.1, -0.05) is 24.3 Å². The summed E-state index contributed by atoms with van der Waals surface area (Å²) in [6.45, 7) is 5.21. The summed E-state index contributed by atoms with van der Waals surface area (Å²) in [5.41, 5.74) is 3.54. The Bertz CT molecular complexity index is 519. The van der Waals surface area contributed by atoms with Gasteiger partial charge in [0.2, 0.25) is 0 Å². The zero-order chi connectivity index (χ0) is 14.8. The molecule has 5 nitrogen and oxygen atoms in total. The molecule has 0 spiro atoms. The molecular formula is C15H19NO4. The van der Waals surface area contributed by atoms with Crippen molar-refractivity contribution in [2.75, 3.05) is 0 Å². The Hall–Kier alpha value is -2.04. The number of ether oxygens (including phenoxy) is 1. The molecule has 0 aromatic heterocycles. The van der Waals surface area contributed by atoms with Crippen molar-refractivity contribution in [2.45, 2.75) is 45.1 Å². The number of hydrogen-bond acceptors (Lipinski definition) is 4. The van der Waals surface area contributed by atoms with Crippen molar-refractivity contribution in [3.63, 3.8) is 0 Å². The van der Waals surface area contributed by atoms with Gasteiger partial charge in [0, 0.05) is 0 Å². The summed E-state index contributed by atoms with van der Waals surface area (Å²) < 4.78 is 4.99. The molecule has 1 unspecified atom stereocenters. The van der Waals surface area contributed by atoms with E-state index in [2.05, 4.69) is 0 Å². The molecule has 1 aromatic carbocycles. The molecule has 0 saturated carbocycles. The van der Waals surface area contributed by atoms with E-state index in [0.29, 0.717) is 6.42 Å². The molecule has 2 rings (SSSR count). The highest BCUT2D eigenvalue weighted by molar-refractivity contribution is 5.81. The first kappa shape index (κ1) is 14.4. The molecule has 1 aliphatic rings. The fourth-order valence-electron chi connectivity index (χ4n) is 2.26. The number of hydrogen-bond donors (Lipinski definition) is 1. The van der Waals surface area contributed by atoms with E-state index >= 15 is 0 Å². The summed E-state index contributed by atoms with van der Waals surface area (Å²) in [5.74, 6) is -0.776. The Labute approximate surface area is 118 Å². The minimum Gasteiger partial charge on any atom is -0.442 e. The van der Waals surface area contributed by atoms with E-state index in [0.717, 1.165) is 17.5 Å². The van der Waals surface area contributed by atoms with Crippen molar-refractivity contribution in [1.29, 1.82) is 0 Å². The van der Waals surface area contributed by atoms with Crippen LogP contribution in [0.4, 0.5) is 4.79 Å². The topological polar surface area (TPSA) is 64.6 Å². The van der Waals surface area contributed by atoms with Crippen molar-refractivity contribution >= 4 is 12.1 Å². The van der Waals surface area contributed by atoms with Crippen LogP contribution in [-0.2, 0) is 20.8 Å². The van der Waals surface area contributed by atoms with Gasteiger partial charge < -0.3 is 9.57 Å². The first-order chi connectivity index (χ1) is 9.37. The van der Waals surface area contributed by atoms with Crippen LogP contribution < -0.4 is 5.48 Å². The van der Waals surface area contributed by atoms with E-state index in [1.807, 2.05) is 29.7 Å². The van der Waals surface area contributed by atoms with Crippen LogP contribution in [0.1, 0.15) is 44.2 Å². The summed E-state index contributed by atoms with van der Waals surface area (Å²) >= 11 is 0. The highest BCUT2D eigenvalue weighted by Crippen LogP contribution is 2.33. The van der Waals surface area contributed by atoms with E-state index in [9.17, 15) is 9.59 Å². The molecule has 1 N–H and O–H groups in total. The first-order valence-electron chi connectivity index (χ1n) is 6.64. The Kier molecular flexibility index (Phi) is 3.97. The van der Waals surface area contributed by atoms with Crippen LogP contribution in [0.25, 0.3) is 0 Å². The molecule has 0 bridgehead atoms.